The van der Waals surface area contributed by atoms with E-state index in [1.54, 1.807) is 0 Å². The SMILES string of the molecule is C=c1cccc/c1=C1\CCCC\C1=C/c1ccccc1N(c1ccc(-c2cccc3ccccc23)cc1)c1ccc2c(c1)C(c1ccccc1)(c1ccccc1)c1ccccc1-2. The molecule has 9 aromatic rings. The maximum absolute atomic E-state index is 4.45. The molecule has 0 saturated heterocycles. The summed E-state index contributed by atoms with van der Waals surface area (Å²) in [7, 11) is 0. The largest absolute Gasteiger partial charge is 0.310 e. The van der Waals surface area contributed by atoms with Gasteiger partial charge in [-0.3, -0.25) is 0 Å². The summed E-state index contributed by atoms with van der Waals surface area (Å²) in [6.45, 7) is 4.45. The number of nitrogens with zero attached hydrogens (tertiary/aromatic N) is 1. The Hall–Kier alpha value is -7.48. The third kappa shape index (κ3) is 6.32. The van der Waals surface area contributed by atoms with Crippen LogP contribution in [0.15, 0.2) is 224 Å². The van der Waals surface area contributed by atoms with Crippen LogP contribution in [0.5, 0.6) is 0 Å². The average Bonchev–Trinajstić information content (AvgIpc) is 3.63. The lowest BCUT2D eigenvalue weighted by molar-refractivity contribution is 0.717. The molecule has 1 heteroatoms. The Morgan fingerprint density at radius 2 is 1.08 bits per heavy atom. The number of rotatable bonds is 7. The van der Waals surface area contributed by atoms with E-state index in [2.05, 4.69) is 236 Å². The first-order valence-electron chi connectivity index (χ1n) is 22.0. The fourth-order valence-corrected chi connectivity index (χ4v) is 10.5. The molecule has 0 N–H and O–H groups in total. The van der Waals surface area contributed by atoms with E-state index in [9.17, 15) is 0 Å². The van der Waals surface area contributed by atoms with Gasteiger partial charge < -0.3 is 4.90 Å². The van der Waals surface area contributed by atoms with Crippen LogP contribution >= 0.6 is 0 Å². The first-order valence-corrected chi connectivity index (χ1v) is 22.0. The number of anilines is 3. The fraction of sp³-hybridized carbons (Fsp3) is 0.0820. The topological polar surface area (TPSA) is 3.24 Å². The van der Waals surface area contributed by atoms with Gasteiger partial charge in [-0.2, -0.15) is 0 Å². The van der Waals surface area contributed by atoms with Gasteiger partial charge in [-0.1, -0.05) is 195 Å². The van der Waals surface area contributed by atoms with Crippen LogP contribution in [0.3, 0.4) is 0 Å². The normalized spacial score (nSPS) is 15.6. The van der Waals surface area contributed by atoms with Crippen molar-refractivity contribution in [2.24, 2.45) is 0 Å². The minimum Gasteiger partial charge on any atom is -0.310 e. The van der Waals surface area contributed by atoms with E-state index in [0.717, 1.165) is 35.1 Å². The van der Waals surface area contributed by atoms with Crippen LogP contribution in [0, 0.1) is 0 Å². The highest BCUT2D eigenvalue weighted by molar-refractivity contribution is 5.97. The minimum atomic E-state index is -0.511. The Balaban J connectivity index is 1.15. The molecule has 1 saturated carbocycles. The van der Waals surface area contributed by atoms with Crippen LogP contribution in [0.1, 0.15) is 53.5 Å². The van der Waals surface area contributed by atoms with Crippen molar-refractivity contribution in [2.45, 2.75) is 31.1 Å². The molecule has 0 bridgehead atoms. The van der Waals surface area contributed by atoms with E-state index in [-0.39, 0.29) is 0 Å². The highest BCUT2D eigenvalue weighted by Gasteiger charge is 2.46. The van der Waals surface area contributed by atoms with Crippen LogP contribution in [0.2, 0.25) is 0 Å². The van der Waals surface area contributed by atoms with Crippen molar-refractivity contribution < 1.29 is 0 Å². The molecular weight excluding hydrogens is 747 g/mol. The minimum absolute atomic E-state index is 0.511. The summed E-state index contributed by atoms with van der Waals surface area (Å²) < 4.78 is 0. The molecule has 0 unspecified atom stereocenters. The summed E-state index contributed by atoms with van der Waals surface area (Å²) >= 11 is 0. The summed E-state index contributed by atoms with van der Waals surface area (Å²) in [4.78, 5) is 2.49. The molecule has 62 heavy (non-hydrogen) atoms. The Morgan fingerprint density at radius 1 is 0.468 bits per heavy atom. The number of para-hydroxylation sites is 1. The second kappa shape index (κ2) is 15.8. The first kappa shape index (κ1) is 37.5. The summed E-state index contributed by atoms with van der Waals surface area (Å²) in [5, 5.41) is 4.87. The molecule has 9 aromatic carbocycles. The number of allylic oxidation sites excluding steroid dienone is 1. The van der Waals surface area contributed by atoms with E-state index in [1.807, 2.05) is 0 Å². The van der Waals surface area contributed by atoms with Crippen molar-refractivity contribution in [3.8, 4) is 22.3 Å². The van der Waals surface area contributed by atoms with Gasteiger partial charge in [0.25, 0.3) is 0 Å². The lowest BCUT2D eigenvalue weighted by Crippen LogP contribution is -2.28. The molecule has 0 aromatic heterocycles. The maximum atomic E-state index is 4.45. The zero-order valence-corrected chi connectivity index (χ0v) is 34.8. The standard InChI is InChI=1S/C61H47N/c1-43-19-8-12-28-52(43)55-30-14-10-21-46(55)41-47-22-11-17-34-60(47)62(50-37-35-45(36-38-50)54-32-18-23-44-20-9-13-29-53(44)54)51-39-40-57-56-31-15-16-33-58(56)61(59(57)42-51,48-24-4-2-5-25-48)49-26-6-3-7-27-49/h2-9,11-13,15-20,22-29,31-42H,1,10,14,21,30H2/b46-41+,55-52-. The maximum Gasteiger partial charge on any atom is 0.0714 e. The van der Waals surface area contributed by atoms with Gasteiger partial charge >= 0.3 is 0 Å². The fourth-order valence-electron chi connectivity index (χ4n) is 10.5. The predicted molar refractivity (Wildman–Crippen MR) is 262 cm³/mol. The van der Waals surface area contributed by atoms with Crippen molar-refractivity contribution in [1.29, 1.82) is 0 Å². The first-order chi connectivity index (χ1) is 30.7. The van der Waals surface area contributed by atoms with Crippen LogP contribution in [-0.4, -0.2) is 0 Å². The number of hydrogen-bond acceptors (Lipinski definition) is 1. The highest BCUT2D eigenvalue weighted by atomic mass is 15.1. The monoisotopic (exact) mass is 793 g/mol. The Morgan fingerprint density at radius 3 is 1.89 bits per heavy atom. The van der Waals surface area contributed by atoms with Gasteiger partial charge in [0.2, 0.25) is 0 Å². The zero-order chi connectivity index (χ0) is 41.5. The molecule has 1 nitrogen and oxygen atoms in total. The number of hydrogen-bond donors (Lipinski definition) is 0. The molecule has 0 amide bonds. The van der Waals surface area contributed by atoms with E-state index < -0.39 is 5.41 Å². The molecule has 11 rings (SSSR count). The van der Waals surface area contributed by atoms with Crippen LogP contribution in [0.4, 0.5) is 17.1 Å². The zero-order valence-electron chi connectivity index (χ0n) is 34.8. The van der Waals surface area contributed by atoms with E-state index >= 15 is 0 Å². The highest BCUT2D eigenvalue weighted by Crippen LogP contribution is 2.57. The van der Waals surface area contributed by atoms with E-state index in [4.69, 9.17) is 0 Å². The van der Waals surface area contributed by atoms with Crippen molar-refractivity contribution in [3.63, 3.8) is 0 Å². The van der Waals surface area contributed by atoms with Crippen LogP contribution in [0.25, 0.3) is 51.3 Å². The quantitative estimate of drug-likeness (QED) is 0.155. The Kier molecular flexibility index (Phi) is 9.59. The van der Waals surface area contributed by atoms with E-state index in [1.165, 1.54) is 90.1 Å². The van der Waals surface area contributed by atoms with Gasteiger partial charge in [0.15, 0.2) is 0 Å². The molecule has 0 spiro atoms. The summed E-state index contributed by atoms with van der Waals surface area (Å²) in [5.41, 5.74) is 17.0. The van der Waals surface area contributed by atoms with Gasteiger partial charge in [0.05, 0.1) is 11.1 Å². The third-order valence-electron chi connectivity index (χ3n) is 13.3. The molecule has 0 radical (unpaired) electrons. The Labute approximate surface area is 364 Å². The lowest BCUT2D eigenvalue weighted by Gasteiger charge is -2.35. The van der Waals surface area contributed by atoms with Crippen molar-refractivity contribution in [1.82, 2.24) is 0 Å². The van der Waals surface area contributed by atoms with Crippen molar-refractivity contribution in [3.05, 3.63) is 262 Å². The van der Waals surface area contributed by atoms with Gasteiger partial charge in [-0.05, 0) is 145 Å². The molecule has 296 valence electrons. The summed E-state index contributed by atoms with van der Waals surface area (Å²) in [6.07, 6.45) is 6.95. The van der Waals surface area contributed by atoms with E-state index in [0.29, 0.717) is 0 Å². The molecule has 0 heterocycles. The van der Waals surface area contributed by atoms with Crippen LogP contribution in [-0.2, 0) is 5.41 Å². The molecule has 0 aliphatic heterocycles. The second-order valence-electron chi connectivity index (χ2n) is 16.7. The molecule has 0 atom stereocenters. The summed E-state index contributed by atoms with van der Waals surface area (Å²) in [5.74, 6) is 0. The number of benzene rings is 9. The smallest absolute Gasteiger partial charge is 0.0714 e. The second-order valence-corrected chi connectivity index (χ2v) is 16.7. The Bertz CT molecular complexity index is 3200. The van der Waals surface area contributed by atoms with Crippen molar-refractivity contribution >= 4 is 46.1 Å². The molecule has 1 fully saturated rings. The lowest BCUT2D eigenvalue weighted by atomic mass is 9.67. The predicted octanol–water partition coefficient (Wildman–Crippen LogP) is 14.6. The molecule has 2 aliphatic carbocycles. The van der Waals surface area contributed by atoms with Gasteiger partial charge in [-0.25, -0.2) is 0 Å². The van der Waals surface area contributed by atoms with Gasteiger partial charge in [-0.15, -0.1) is 0 Å². The van der Waals surface area contributed by atoms with Crippen LogP contribution < -0.4 is 15.3 Å². The van der Waals surface area contributed by atoms with Gasteiger partial charge in [0.1, 0.15) is 0 Å². The third-order valence-corrected chi connectivity index (χ3v) is 13.3. The molecular formula is C61H47N. The summed E-state index contributed by atoms with van der Waals surface area (Å²) in [6, 6.07) is 80.5. The molecule has 2 aliphatic rings. The number of fused-ring (bicyclic) bond motifs is 4. The average molecular weight is 794 g/mol. The van der Waals surface area contributed by atoms with Crippen molar-refractivity contribution in [2.75, 3.05) is 4.90 Å². The van der Waals surface area contributed by atoms with Gasteiger partial charge in [0, 0.05) is 11.4 Å².